The molecule has 1 aliphatic rings. The number of aromatic nitrogens is 1. The molecule has 0 radical (unpaired) electrons. The summed E-state index contributed by atoms with van der Waals surface area (Å²) in [4.78, 5) is 43.5. The second-order valence-electron chi connectivity index (χ2n) is 9.20. The van der Waals surface area contributed by atoms with Gasteiger partial charge in [-0.3, -0.25) is 14.6 Å². The molecule has 0 saturated carbocycles. The number of nitrogens with zero attached hydrogens (tertiary/aromatic N) is 2. The van der Waals surface area contributed by atoms with Crippen LogP contribution in [0.4, 0.5) is 25.0 Å². The molecule has 0 aliphatic carbocycles. The van der Waals surface area contributed by atoms with Gasteiger partial charge in [-0.15, -0.1) is 11.3 Å². The number of benzene rings is 2. The van der Waals surface area contributed by atoms with Crippen molar-refractivity contribution < 1.29 is 32.6 Å². The number of hydrogen-bond acceptors (Lipinski definition) is 7. The summed E-state index contributed by atoms with van der Waals surface area (Å²) in [5.41, 5.74) is 1.13. The molecule has 1 saturated heterocycles. The third-order valence-electron chi connectivity index (χ3n) is 6.38. The lowest BCUT2D eigenvalue weighted by molar-refractivity contribution is -0.144. The van der Waals surface area contributed by atoms with Gasteiger partial charge in [-0.25, -0.2) is 13.6 Å². The molecule has 12 heteroatoms. The van der Waals surface area contributed by atoms with Crippen LogP contribution in [-0.4, -0.2) is 48.0 Å². The number of ether oxygens (including phenoxy) is 2. The molecule has 1 aliphatic heterocycles. The van der Waals surface area contributed by atoms with E-state index in [9.17, 15) is 23.2 Å². The van der Waals surface area contributed by atoms with Gasteiger partial charge in [-0.2, -0.15) is 0 Å². The van der Waals surface area contributed by atoms with E-state index >= 15 is 0 Å². The van der Waals surface area contributed by atoms with Crippen LogP contribution in [-0.2, 0) is 9.53 Å². The van der Waals surface area contributed by atoms with Crippen molar-refractivity contribution >= 4 is 50.8 Å². The normalized spacial score (nSPS) is 14.7. The highest BCUT2D eigenvalue weighted by Crippen LogP contribution is 2.36. The molecule has 0 bridgehead atoms. The Bertz CT molecular complexity index is 1630. The number of likely N-dealkylation sites (tertiary alicyclic amines) is 1. The zero-order valence-corrected chi connectivity index (χ0v) is 22.3. The standard InChI is InChI=1S/C28H24F2N4O5S/c1-15-3-5-18(29)21(11-15)33-28(37)32-20-6-4-17(12-19(20)30)39-23-7-9-31-22-13-24(40-25(22)23)26(35)34-10-8-16(14-34)27(36)38-2/h3-7,9,11-13,16H,8,10,14H2,1-2H3,(H2,32,33,37). The highest BCUT2D eigenvalue weighted by atomic mass is 32.1. The Balaban J connectivity index is 1.28. The molecule has 1 unspecified atom stereocenters. The number of urea groups is 1. The number of esters is 1. The number of methoxy groups -OCH3 is 1. The lowest BCUT2D eigenvalue weighted by Gasteiger charge is -2.14. The Hall–Kier alpha value is -4.58. The van der Waals surface area contributed by atoms with Crippen molar-refractivity contribution in [2.75, 3.05) is 30.8 Å². The van der Waals surface area contributed by atoms with E-state index in [1.807, 2.05) is 0 Å². The molecule has 4 aromatic rings. The predicted octanol–water partition coefficient (Wildman–Crippen LogP) is 5.95. The molecule has 3 amide bonds. The summed E-state index contributed by atoms with van der Waals surface area (Å²) in [7, 11) is 1.33. The molecular weight excluding hydrogens is 542 g/mol. The molecule has 9 nitrogen and oxygen atoms in total. The first-order valence-corrected chi connectivity index (χ1v) is 13.1. The van der Waals surface area contributed by atoms with E-state index in [0.29, 0.717) is 33.8 Å². The van der Waals surface area contributed by atoms with Gasteiger partial charge in [0.1, 0.15) is 23.1 Å². The predicted molar refractivity (Wildman–Crippen MR) is 146 cm³/mol. The number of fused-ring (bicyclic) bond motifs is 1. The maximum Gasteiger partial charge on any atom is 0.323 e. The fourth-order valence-corrected chi connectivity index (χ4v) is 5.39. The van der Waals surface area contributed by atoms with E-state index < -0.39 is 17.7 Å². The molecule has 2 aromatic heterocycles. The first-order valence-electron chi connectivity index (χ1n) is 12.3. The van der Waals surface area contributed by atoms with Gasteiger partial charge in [0.25, 0.3) is 5.91 Å². The average Bonchev–Trinajstić information content (AvgIpc) is 3.60. The minimum Gasteiger partial charge on any atom is -0.469 e. The SMILES string of the molecule is COC(=O)C1CCN(C(=O)c2cc3nccc(Oc4ccc(NC(=O)Nc5cc(C)ccc5F)c(F)c4)c3s2)C1. The first kappa shape index (κ1) is 27.0. The van der Waals surface area contributed by atoms with Gasteiger partial charge in [0.05, 0.1) is 39.5 Å². The van der Waals surface area contributed by atoms with Gasteiger partial charge in [0, 0.05) is 31.4 Å². The van der Waals surface area contributed by atoms with Gasteiger partial charge >= 0.3 is 12.0 Å². The van der Waals surface area contributed by atoms with Crippen molar-refractivity contribution in [1.29, 1.82) is 0 Å². The molecule has 40 heavy (non-hydrogen) atoms. The highest BCUT2D eigenvalue weighted by Gasteiger charge is 2.33. The lowest BCUT2D eigenvalue weighted by atomic mass is 10.1. The number of thiophene rings is 1. The Morgan fingerprint density at radius 2 is 1.82 bits per heavy atom. The number of carbonyl (C=O) groups is 3. The fourth-order valence-electron chi connectivity index (χ4n) is 4.36. The van der Waals surface area contributed by atoms with Gasteiger partial charge < -0.3 is 25.0 Å². The summed E-state index contributed by atoms with van der Waals surface area (Å²) in [6, 6.07) is 10.6. The monoisotopic (exact) mass is 566 g/mol. The molecule has 1 atom stereocenters. The Labute approximate surface area is 231 Å². The maximum atomic E-state index is 14.8. The number of rotatable bonds is 6. The van der Waals surface area contributed by atoms with Gasteiger partial charge in [-0.05, 0) is 49.2 Å². The Kier molecular flexibility index (Phi) is 7.60. The molecule has 0 spiro atoms. The number of hydrogen-bond donors (Lipinski definition) is 2. The maximum absolute atomic E-state index is 14.8. The summed E-state index contributed by atoms with van der Waals surface area (Å²) in [5, 5.41) is 4.72. The van der Waals surface area contributed by atoms with Crippen molar-refractivity contribution in [2.24, 2.45) is 5.92 Å². The first-order chi connectivity index (χ1) is 19.2. The third-order valence-corrected chi connectivity index (χ3v) is 7.51. The van der Waals surface area contributed by atoms with Crippen LogP contribution in [0.2, 0.25) is 0 Å². The van der Waals surface area contributed by atoms with Crippen molar-refractivity contribution in [3.05, 3.63) is 76.8 Å². The molecule has 1 fully saturated rings. The van der Waals surface area contributed by atoms with Crippen LogP contribution in [0.15, 0.2) is 54.7 Å². The van der Waals surface area contributed by atoms with Crippen LogP contribution in [0.25, 0.3) is 10.2 Å². The topological polar surface area (TPSA) is 110 Å². The van der Waals surface area contributed by atoms with Crippen LogP contribution in [0.1, 0.15) is 21.7 Å². The largest absolute Gasteiger partial charge is 0.469 e. The number of aryl methyl sites for hydroxylation is 1. The van der Waals surface area contributed by atoms with E-state index in [0.717, 1.165) is 11.6 Å². The zero-order valence-electron chi connectivity index (χ0n) is 21.5. The van der Waals surface area contributed by atoms with Gasteiger partial charge in [0.2, 0.25) is 0 Å². The van der Waals surface area contributed by atoms with Crippen molar-refractivity contribution in [1.82, 2.24) is 9.88 Å². The lowest BCUT2D eigenvalue weighted by Crippen LogP contribution is -2.29. The summed E-state index contributed by atoms with van der Waals surface area (Å²) in [5.74, 6) is -1.75. The van der Waals surface area contributed by atoms with Crippen LogP contribution >= 0.6 is 11.3 Å². The zero-order chi connectivity index (χ0) is 28.4. The average molecular weight is 567 g/mol. The smallest absolute Gasteiger partial charge is 0.323 e. The summed E-state index contributed by atoms with van der Waals surface area (Å²) in [6.07, 6.45) is 2.06. The summed E-state index contributed by atoms with van der Waals surface area (Å²) < 4.78 is 40.0. The molecular formula is C28H24F2N4O5S. The molecule has 2 N–H and O–H groups in total. The van der Waals surface area contributed by atoms with E-state index in [2.05, 4.69) is 15.6 Å². The van der Waals surface area contributed by atoms with Crippen molar-refractivity contribution in [3.8, 4) is 11.5 Å². The number of anilines is 2. The Morgan fingerprint density at radius 3 is 2.60 bits per heavy atom. The minimum atomic E-state index is -0.806. The van der Waals surface area contributed by atoms with Gasteiger partial charge in [0.15, 0.2) is 0 Å². The number of amides is 3. The number of halogens is 2. The van der Waals surface area contributed by atoms with E-state index in [1.165, 1.54) is 48.9 Å². The number of pyridine rings is 1. The van der Waals surface area contributed by atoms with E-state index in [4.69, 9.17) is 9.47 Å². The molecule has 5 rings (SSSR count). The summed E-state index contributed by atoms with van der Waals surface area (Å²) >= 11 is 1.19. The van der Waals surface area contributed by atoms with Crippen LogP contribution in [0.3, 0.4) is 0 Å². The Morgan fingerprint density at radius 1 is 1.02 bits per heavy atom. The summed E-state index contributed by atoms with van der Waals surface area (Å²) in [6.45, 7) is 2.48. The molecule has 206 valence electrons. The van der Waals surface area contributed by atoms with Crippen molar-refractivity contribution in [3.63, 3.8) is 0 Å². The fraction of sp³-hybridized carbons (Fsp3) is 0.214. The molecule has 3 heterocycles. The number of nitrogens with one attached hydrogen (secondary N) is 2. The quantitative estimate of drug-likeness (QED) is 0.279. The van der Waals surface area contributed by atoms with Crippen LogP contribution in [0, 0.1) is 24.5 Å². The van der Waals surface area contributed by atoms with E-state index in [1.54, 1.807) is 30.0 Å². The minimum absolute atomic E-state index is 0.0265. The van der Waals surface area contributed by atoms with Crippen molar-refractivity contribution in [2.45, 2.75) is 13.3 Å². The van der Waals surface area contributed by atoms with Crippen LogP contribution < -0.4 is 15.4 Å². The molecule has 2 aromatic carbocycles. The van der Waals surface area contributed by atoms with E-state index in [-0.39, 0.29) is 41.5 Å². The van der Waals surface area contributed by atoms with Crippen LogP contribution in [0.5, 0.6) is 11.5 Å². The number of carbonyl (C=O) groups excluding carboxylic acids is 3. The third kappa shape index (κ3) is 5.71. The second kappa shape index (κ2) is 11.3. The second-order valence-corrected chi connectivity index (χ2v) is 10.3. The van der Waals surface area contributed by atoms with Gasteiger partial charge in [-0.1, -0.05) is 6.07 Å². The highest BCUT2D eigenvalue weighted by molar-refractivity contribution is 7.21.